The third-order valence-corrected chi connectivity index (χ3v) is 4.27. The lowest BCUT2D eigenvalue weighted by Gasteiger charge is -2.34. The van der Waals surface area contributed by atoms with Crippen molar-refractivity contribution < 1.29 is 24.2 Å². The normalized spacial score (nSPS) is 20.0. The molecular weight excluding hydrogens is 324 g/mol. The number of carbonyl (C=O) groups is 2. The Bertz CT molecular complexity index is 619. The Morgan fingerprint density at radius 3 is 2.72 bits per heavy atom. The van der Waals surface area contributed by atoms with Crippen molar-refractivity contribution in [1.29, 1.82) is 0 Å². The molecule has 1 aliphatic rings. The van der Waals surface area contributed by atoms with E-state index in [1.54, 1.807) is 12.0 Å². The summed E-state index contributed by atoms with van der Waals surface area (Å²) in [5.41, 5.74) is 0.883. The van der Waals surface area contributed by atoms with Gasteiger partial charge >= 0.3 is 12.0 Å². The number of carboxylic acid groups (broad SMARTS) is 1. The molecule has 0 aromatic heterocycles. The molecule has 25 heavy (non-hydrogen) atoms. The summed E-state index contributed by atoms with van der Waals surface area (Å²) >= 11 is 0. The first kappa shape index (κ1) is 18.9. The second-order valence-electron chi connectivity index (χ2n) is 6.36. The summed E-state index contributed by atoms with van der Waals surface area (Å²) in [6.07, 6.45) is 0.606. The molecule has 138 valence electrons. The fraction of sp³-hybridized carbons (Fsp3) is 0.556. The Kier molecular flexibility index (Phi) is 6.50. The molecule has 2 unspecified atom stereocenters. The van der Waals surface area contributed by atoms with Crippen LogP contribution in [0.2, 0.25) is 0 Å². The number of methoxy groups -OCH3 is 1. The van der Waals surface area contributed by atoms with Gasteiger partial charge in [-0.3, -0.25) is 4.79 Å². The third kappa shape index (κ3) is 5.01. The van der Waals surface area contributed by atoms with Gasteiger partial charge in [-0.25, -0.2) is 4.79 Å². The van der Waals surface area contributed by atoms with Gasteiger partial charge in [0, 0.05) is 19.6 Å². The van der Waals surface area contributed by atoms with E-state index in [2.05, 4.69) is 5.32 Å². The van der Waals surface area contributed by atoms with Crippen LogP contribution >= 0.6 is 0 Å². The fourth-order valence-corrected chi connectivity index (χ4v) is 3.08. The Balaban J connectivity index is 1.96. The number of urea groups is 1. The maximum atomic E-state index is 12.4. The zero-order valence-corrected chi connectivity index (χ0v) is 14.9. The third-order valence-electron chi connectivity index (χ3n) is 4.27. The van der Waals surface area contributed by atoms with Crippen LogP contribution in [0.3, 0.4) is 0 Å². The Morgan fingerprint density at radius 2 is 2.08 bits per heavy atom. The molecule has 0 bridgehead atoms. The van der Waals surface area contributed by atoms with Gasteiger partial charge in [0.25, 0.3) is 0 Å². The van der Waals surface area contributed by atoms with E-state index in [1.165, 1.54) is 0 Å². The summed E-state index contributed by atoms with van der Waals surface area (Å²) in [7, 11) is 1.57. The van der Waals surface area contributed by atoms with Crippen molar-refractivity contribution >= 4 is 12.0 Å². The maximum absolute atomic E-state index is 12.4. The van der Waals surface area contributed by atoms with Crippen molar-refractivity contribution in [1.82, 2.24) is 10.2 Å². The van der Waals surface area contributed by atoms with Gasteiger partial charge in [-0.05, 0) is 37.0 Å². The smallest absolute Gasteiger partial charge is 0.317 e. The van der Waals surface area contributed by atoms with Crippen LogP contribution in [-0.4, -0.2) is 48.8 Å². The molecule has 1 aromatic carbocycles. The molecule has 2 amide bonds. The number of rotatable bonds is 6. The molecule has 0 radical (unpaired) electrons. The van der Waals surface area contributed by atoms with Crippen molar-refractivity contribution in [2.45, 2.75) is 26.8 Å². The average Bonchev–Trinajstić information content (AvgIpc) is 2.60. The lowest BCUT2D eigenvalue weighted by atomic mass is 9.91. The number of hydrogen-bond acceptors (Lipinski definition) is 4. The van der Waals surface area contributed by atoms with Crippen LogP contribution < -0.4 is 14.8 Å². The van der Waals surface area contributed by atoms with Gasteiger partial charge in [0.05, 0.1) is 19.6 Å². The summed E-state index contributed by atoms with van der Waals surface area (Å²) in [5, 5.41) is 12.1. The molecule has 7 heteroatoms. The van der Waals surface area contributed by atoms with Crippen LogP contribution in [0.5, 0.6) is 11.5 Å². The van der Waals surface area contributed by atoms with E-state index in [-0.39, 0.29) is 18.5 Å². The van der Waals surface area contributed by atoms with Gasteiger partial charge in [0.1, 0.15) is 0 Å². The molecule has 2 N–H and O–H groups in total. The summed E-state index contributed by atoms with van der Waals surface area (Å²) in [5.74, 6) is 0.104. The maximum Gasteiger partial charge on any atom is 0.317 e. The number of ether oxygens (including phenoxy) is 2. The van der Waals surface area contributed by atoms with Crippen molar-refractivity contribution in [2.24, 2.45) is 11.8 Å². The number of nitrogens with one attached hydrogen (secondary N) is 1. The topological polar surface area (TPSA) is 88.1 Å². The standard InChI is InChI=1S/C18H26N2O5/c1-4-25-15-6-5-13(8-16(15)24-3)9-19-18(23)20-10-12(2)7-14(11-20)17(21)22/h5-6,8,12,14H,4,7,9-11H2,1-3H3,(H,19,23)(H,21,22). The van der Waals surface area contributed by atoms with Gasteiger partial charge in [-0.15, -0.1) is 0 Å². The second-order valence-corrected chi connectivity index (χ2v) is 6.36. The number of carboxylic acids is 1. The van der Waals surface area contributed by atoms with E-state index < -0.39 is 11.9 Å². The average molecular weight is 350 g/mol. The predicted molar refractivity (Wildman–Crippen MR) is 92.9 cm³/mol. The van der Waals surface area contributed by atoms with Crippen LogP contribution in [0.4, 0.5) is 4.79 Å². The van der Waals surface area contributed by atoms with Gasteiger partial charge < -0.3 is 24.8 Å². The molecule has 2 rings (SSSR count). The van der Waals surface area contributed by atoms with E-state index >= 15 is 0 Å². The van der Waals surface area contributed by atoms with E-state index in [0.717, 1.165) is 5.56 Å². The van der Waals surface area contributed by atoms with E-state index in [1.807, 2.05) is 32.0 Å². The molecule has 1 aliphatic heterocycles. The molecule has 1 saturated heterocycles. The fourth-order valence-electron chi connectivity index (χ4n) is 3.08. The number of carbonyl (C=O) groups excluding carboxylic acids is 1. The summed E-state index contributed by atoms with van der Waals surface area (Å²) in [6.45, 7) is 5.57. The van der Waals surface area contributed by atoms with Gasteiger partial charge in [0.15, 0.2) is 11.5 Å². The van der Waals surface area contributed by atoms with Crippen LogP contribution in [0.1, 0.15) is 25.8 Å². The van der Waals surface area contributed by atoms with Gasteiger partial charge in [0.2, 0.25) is 0 Å². The number of hydrogen-bond donors (Lipinski definition) is 2. The molecule has 0 spiro atoms. The number of nitrogens with zero attached hydrogens (tertiary/aromatic N) is 1. The molecule has 1 aromatic rings. The quantitative estimate of drug-likeness (QED) is 0.822. The Morgan fingerprint density at radius 1 is 1.32 bits per heavy atom. The largest absolute Gasteiger partial charge is 0.493 e. The highest BCUT2D eigenvalue weighted by Gasteiger charge is 2.31. The minimum Gasteiger partial charge on any atom is -0.493 e. The first-order chi connectivity index (χ1) is 11.9. The molecule has 2 atom stereocenters. The first-order valence-corrected chi connectivity index (χ1v) is 8.49. The van der Waals surface area contributed by atoms with Crippen LogP contribution in [-0.2, 0) is 11.3 Å². The van der Waals surface area contributed by atoms with Crippen molar-refractivity contribution in [3.8, 4) is 11.5 Å². The zero-order valence-electron chi connectivity index (χ0n) is 14.9. The summed E-state index contributed by atoms with van der Waals surface area (Å²) in [4.78, 5) is 25.2. The number of amides is 2. The van der Waals surface area contributed by atoms with Crippen LogP contribution in [0, 0.1) is 11.8 Å². The van der Waals surface area contributed by atoms with E-state index in [4.69, 9.17) is 9.47 Å². The number of benzene rings is 1. The van der Waals surface area contributed by atoms with E-state index in [0.29, 0.717) is 37.6 Å². The SMILES string of the molecule is CCOc1ccc(CNC(=O)N2CC(C)CC(C(=O)O)C2)cc1OC. The lowest BCUT2D eigenvalue weighted by molar-refractivity contribution is -0.143. The highest BCUT2D eigenvalue weighted by Crippen LogP contribution is 2.28. The molecule has 7 nitrogen and oxygen atoms in total. The minimum atomic E-state index is -0.847. The number of piperidine rings is 1. The van der Waals surface area contributed by atoms with Gasteiger partial charge in [-0.1, -0.05) is 13.0 Å². The predicted octanol–water partition coefficient (Wildman–Crippen LogP) is 2.35. The Hall–Kier alpha value is -2.44. The van der Waals surface area contributed by atoms with Crippen molar-refractivity contribution in [2.75, 3.05) is 26.8 Å². The van der Waals surface area contributed by atoms with Gasteiger partial charge in [-0.2, -0.15) is 0 Å². The zero-order chi connectivity index (χ0) is 18.4. The molecule has 1 fully saturated rings. The van der Waals surface area contributed by atoms with Crippen LogP contribution in [0.15, 0.2) is 18.2 Å². The summed E-state index contributed by atoms with van der Waals surface area (Å²) < 4.78 is 10.8. The van der Waals surface area contributed by atoms with Crippen molar-refractivity contribution in [3.05, 3.63) is 23.8 Å². The molecule has 1 heterocycles. The number of likely N-dealkylation sites (tertiary alicyclic amines) is 1. The minimum absolute atomic E-state index is 0.172. The molecule has 0 saturated carbocycles. The lowest BCUT2D eigenvalue weighted by Crippen LogP contribution is -2.49. The highest BCUT2D eigenvalue weighted by atomic mass is 16.5. The second kappa shape index (κ2) is 8.60. The summed E-state index contributed by atoms with van der Waals surface area (Å²) in [6, 6.07) is 5.26. The monoisotopic (exact) mass is 350 g/mol. The highest BCUT2D eigenvalue weighted by molar-refractivity contribution is 5.76. The Labute approximate surface area is 147 Å². The number of aliphatic carboxylic acids is 1. The molecular formula is C18H26N2O5. The first-order valence-electron chi connectivity index (χ1n) is 8.49. The van der Waals surface area contributed by atoms with E-state index in [9.17, 15) is 14.7 Å². The van der Waals surface area contributed by atoms with Crippen molar-refractivity contribution in [3.63, 3.8) is 0 Å². The van der Waals surface area contributed by atoms with Crippen LogP contribution in [0.25, 0.3) is 0 Å². The molecule has 0 aliphatic carbocycles.